The van der Waals surface area contributed by atoms with Crippen LogP contribution in [0.2, 0.25) is 0 Å². The highest BCUT2D eigenvalue weighted by Gasteiger charge is 2.17. The third-order valence-electron chi connectivity index (χ3n) is 4.69. The summed E-state index contributed by atoms with van der Waals surface area (Å²) in [6.07, 6.45) is 2.96. The predicted octanol–water partition coefficient (Wildman–Crippen LogP) is 3.73. The van der Waals surface area contributed by atoms with Crippen molar-refractivity contribution in [3.05, 3.63) is 53.1 Å². The molecule has 0 radical (unpaired) electrons. The maximum Gasteiger partial charge on any atom is 0.130 e. The van der Waals surface area contributed by atoms with Gasteiger partial charge in [0.15, 0.2) is 0 Å². The molecule has 0 fully saturated rings. The van der Waals surface area contributed by atoms with Gasteiger partial charge in [-0.15, -0.1) is 5.11 Å². The number of carbonyl (C=O) groups excluding carboxylic acids is 2. The number of azo groups is 1. The topological polar surface area (TPSA) is 94.0 Å². The van der Waals surface area contributed by atoms with E-state index in [1.807, 2.05) is 12.1 Å². The van der Waals surface area contributed by atoms with Gasteiger partial charge >= 0.3 is 0 Å². The number of carboxylic acid groups (broad SMARTS) is 1. The van der Waals surface area contributed by atoms with E-state index < -0.39 is 5.97 Å². The Bertz CT molecular complexity index is 906. The Balaban J connectivity index is 1.98. The molecule has 0 bridgehead atoms. The number of hydrogen-bond acceptors (Lipinski definition) is 6. The Labute approximate surface area is 158 Å². The van der Waals surface area contributed by atoms with Gasteiger partial charge in [0, 0.05) is 23.7 Å². The Kier molecular flexibility index (Phi) is 5.64. The van der Waals surface area contributed by atoms with Crippen molar-refractivity contribution in [1.82, 2.24) is 0 Å². The second-order valence-electron chi connectivity index (χ2n) is 6.93. The van der Waals surface area contributed by atoms with Crippen LogP contribution < -0.4 is 10.4 Å². The van der Waals surface area contributed by atoms with Crippen molar-refractivity contribution in [2.24, 2.45) is 10.2 Å². The van der Waals surface area contributed by atoms with Crippen LogP contribution in [0, 0.1) is 0 Å². The van der Waals surface area contributed by atoms with Crippen molar-refractivity contribution in [3.8, 4) is 0 Å². The zero-order chi connectivity index (χ0) is 19.4. The molecular weight excluding hydrogens is 342 g/mol. The Morgan fingerprint density at radius 2 is 1.93 bits per heavy atom. The third-order valence-corrected chi connectivity index (χ3v) is 4.69. The van der Waals surface area contributed by atoms with Gasteiger partial charge in [-0.3, -0.25) is 0 Å². The van der Waals surface area contributed by atoms with Crippen LogP contribution >= 0.6 is 0 Å². The van der Waals surface area contributed by atoms with Crippen LogP contribution in [0.3, 0.4) is 0 Å². The van der Waals surface area contributed by atoms with E-state index in [4.69, 9.17) is 0 Å². The number of carbonyl (C=O) groups is 2. The molecule has 1 N–H and O–H groups in total. The van der Waals surface area contributed by atoms with Gasteiger partial charge in [0.25, 0.3) is 0 Å². The second kappa shape index (κ2) is 8.12. The number of hydrogen-bond donors (Lipinski definition) is 1. The number of anilines is 1. The van der Waals surface area contributed by atoms with E-state index in [1.54, 1.807) is 25.1 Å². The molecule has 6 heteroatoms. The molecule has 0 saturated carbocycles. The molecule has 0 aliphatic carbocycles. The fourth-order valence-electron chi connectivity index (χ4n) is 3.17. The minimum Gasteiger partial charge on any atom is -0.545 e. The van der Waals surface area contributed by atoms with Gasteiger partial charge in [0.2, 0.25) is 0 Å². The number of nitrogens with zero attached hydrogens (tertiary/aromatic N) is 2. The molecule has 0 saturated heterocycles. The van der Waals surface area contributed by atoms with Crippen LogP contribution in [0.15, 0.2) is 46.6 Å². The van der Waals surface area contributed by atoms with Gasteiger partial charge < -0.3 is 20.0 Å². The molecule has 140 valence electrons. The third kappa shape index (κ3) is 4.58. The summed E-state index contributed by atoms with van der Waals surface area (Å²) in [5.41, 5.74) is 4.06. The molecule has 0 amide bonds. The van der Waals surface area contributed by atoms with E-state index in [0.29, 0.717) is 24.6 Å². The van der Waals surface area contributed by atoms with Crippen LogP contribution in [0.25, 0.3) is 0 Å². The first kappa shape index (κ1) is 18.8. The first-order valence-corrected chi connectivity index (χ1v) is 9.08. The summed E-state index contributed by atoms with van der Waals surface area (Å²) in [5.74, 6) is -1.18. The van der Waals surface area contributed by atoms with Crippen molar-refractivity contribution in [2.45, 2.75) is 45.6 Å². The summed E-state index contributed by atoms with van der Waals surface area (Å²) in [4.78, 5) is 22.7. The molecule has 1 heterocycles. The number of Topliss-reactive ketones (excluding diaryl/α,β-unsaturated/α-hetero) is 1. The Hall–Kier alpha value is -3.02. The molecule has 1 aliphatic heterocycles. The highest BCUT2D eigenvalue weighted by Crippen LogP contribution is 2.34. The zero-order valence-corrected chi connectivity index (χ0v) is 15.5. The highest BCUT2D eigenvalue weighted by atomic mass is 16.4. The van der Waals surface area contributed by atoms with E-state index in [9.17, 15) is 14.7 Å². The molecule has 6 nitrogen and oxygen atoms in total. The van der Waals surface area contributed by atoms with Crippen LogP contribution in [-0.2, 0) is 17.6 Å². The fourth-order valence-corrected chi connectivity index (χ4v) is 3.17. The lowest BCUT2D eigenvalue weighted by atomic mass is 9.94. The lowest BCUT2D eigenvalue weighted by Gasteiger charge is -2.25. The molecule has 0 unspecified atom stereocenters. The van der Waals surface area contributed by atoms with Crippen LogP contribution in [-0.4, -0.2) is 17.8 Å². The SMILES string of the molecule is CC(=O)CCc1cc2c(cc1N=Nc1ccccc1C(=O)[O-])CC[C@@H](C)N2. The molecule has 1 atom stereocenters. The number of benzene rings is 2. The average molecular weight is 364 g/mol. The quantitative estimate of drug-likeness (QED) is 0.790. The lowest BCUT2D eigenvalue weighted by Crippen LogP contribution is -2.22. The van der Waals surface area contributed by atoms with E-state index in [0.717, 1.165) is 29.7 Å². The van der Waals surface area contributed by atoms with Crippen LogP contribution in [0.1, 0.15) is 48.2 Å². The maximum atomic E-state index is 11.4. The van der Waals surface area contributed by atoms with Gasteiger partial charge in [0.05, 0.1) is 17.3 Å². The maximum absolute atomic E-state index is 11.4. The normalized spacial score (nSPS) is 16.0. The summed E-state index contributed by atoms with van der Waals surface area (Å²) in [6.45, 7) is 3.71. The highest BCUT2D eigenvalue weighted by molar-refractivity contribution is 5.91. The first-order chi connectivity index (χ1) is 12.9. The number of aryl methyl sites for hydroxylation is 2. The average Bonchev–Trinajstić information content (AvgIpc) is 2.64. The van der Waals surface area contributed by atoms with Crippen molar-refractivity contribution in [2.75, 3.05) is 5.32 Å². The smallest absolute Gasteiger partial charge is 0.130 e. The monoisotopic (exact) mass is 364 g/mol. The molecular formula is C21H22N3O3-. The molecule has 0 aromatic heterocycles. The second-order valence-corrected chi connectivity index (χ2v) is 6.93. The summed E-state index contributed by atoms with van der Waals surface area (Å²) in [6, 6.07) is 10.8. The fraction of sp³-hybridized carbons (Fsp3) is 0.333. The van der Waals surface area contributed by atoms with E-state index in [-0.39, 0.29) is 17.0 Å². The molecule has 3 rings (SSSR count). The molecule has 2 aromatic rings. The van der Waals surface area contributed by atoms with Crippen molar-refractivity contribution in [1.29, 1.82) is 0 Å². The number of fused-ring (bicyclic) bond motifs is 1. The number of ketones is 1. The molecule has 27 heavy (non-hydrogen) atoms. The molecule has 0 spiro atoms. The minimum absolute atomic E-state index is 0.0000116. The number of nitrogens with one attached hydrogen (secondary N) is 1. The van der Waals surface area contributed by atoms with E-state index >= 15 is 0 Å². The number of carboxylic acids is 1. The van der Waals surface area contributed by atoms with Gasteiger partial charge in [-0.1, -0.05) is 18.2 Å². The first-order valence-electron chi connectivity index (χ1n) is 9.08. The summed E-state index contributed by atoms with van der Waals surface area (Å²) in [5, 5.41) is 23.2. The standard InChI is InChI=1S/C21H23N3O3/c1-13-7-9-15-12-20(16(10-8-14(2)25)11-19(15)22-13)24-23-18-6-4-3-5-17(18)21(26)27/h3-6,11-13,22H,7-10H2,1-2H3,(H,26,27)/p-1/t13-/m1/s1. The summed E-state index contributed by atoms with van der Waals surface area (Å²) < 4.78 is 0. The van der Waals surface area contributed by atoms with Gasteiger partial charge in [0.1, 0.15) is 5.78 Å². The number of aromatic carboxylic acids is 1. The molecule has 1 aliphatic rings. The Morgan fingerprint density at radius 1 is 1.19 bits per heavy atom. The number of rotatable bonds is 6. The van der Waals surface area contributed by atoms with Gasteiger partial charge in [-0.25, -0.2) is 0 Å². The molecule has 2 aromatic carbocycles. The minimum atomic E-state index is -1.29. The lowest BCUT2D eigenvalue weighted by molar-refractivity contribution is -0.254. The Morgan fingerprint density at radius 3 is 2.67 bits per heavy atom. The van der Waals surface area contributed by atoms with Gasteiger partial charge in [-0.2, -0.15) is 5.11 Å². The van der Waals surface area contributed by atoms with E-state index in [1.165, 1.54) is 6.07 Å². The van der Waals surface area contributed by atoms with Crippen LogP contribution in [0.5, 0.6) is 0 Å². The largest absolute Gasteiger partial charge is 0.545 e. The van der Waals surface area contributed by atoms with Crippen molar-refractivity contribution in [3.63, 3.8) is 0 Å². The van der Waals surface area contributed by atoms with Gasteiger partial charge in [-0.05, 0) is 62.4 Å². The van der Waals surface area contributed by atoms with Crippen LogP contribution in [0.4, 0.5) is 17.1 Å². The summed E-state index contributed by atoms with van der Waals surface area (Å²) >= 11 is 0. The predicted molar refractivity (Wildman–Crippen MR) is 102 cm³/mol. The summed E-state index contributed by atoms with van der Waals surface area (Å²) in [7, 11) is 0. The van der Waals surface area contributed by atoms with Crippen molar-refractivity contribution >= 4 is 28.8 Å². The zero-order valence-electron chi connectivity index (χ0n) is 15.5. The van der Waals surface area contributed by atoms with E-state index in [2.05, 4.69) is 22.5 Å². The van der Waals surface area contributed by atoms with Crippen molar-refractivity contribution < 1.29 is 14.7 Å².